The van der Waals surface area contributed by atoms with Crippen LogP contribution in [-0.4, -0.2) is 42.5 Å². The first-order chi connectivity index (χ1) is 13.9. The highest BCUT2D eigenvalue weighted by atomic mass is 35.5. The molecule has 0 aromatic heterocycles. The van der Waals surface area contributed by atoms with Crippen LogP contribution in [0.1, 0.15) is 24.0 Å². The zero-order chi connectivity index (χ0) is 20.6. The van der Waals surface area contributed by atoms with Crippen molar-refractivity contribution in [3.05, 3.63) is 63.6 Å². The fraction of sp³-hybridized carbons (Fsp3) is 0.238. The molecular formula is C21H17Cl2N3O3. The number of hydrogen-bond acceptors (Lipinski definition) is 5. The minimum absolute atomic E-state index is 0.0994. The third kappa shape index (κ3) is 3.43. The first kappa shape index (κ1) is 19.6. The molecule has 2 aliphatic rings. The molecule has 2 aromatic rings. The van der Waals surface area contributed by atoms with E-state index in [9.17, 15) is 9.59 Å². The highest BCUT2D eigenvalue weighted by Gasteiger charge is 2.50. The van der Waals surface area contributed by atoms with Gasteiger partial charge >= 0.3 is 5.97 Å². The van der Waals surface area contributed by atoms with Crippen LogP contribution in [0.2, 0.25) is 10.0 Å². The van der Waals surface area contributed by atoms with Gasteiger partial charge in [0.05, 0.1) is 30.8 Å². The quantitative estimate of drug-likeness (QED) is 0.754. The van der Waals surface area contributed by atoms with Gasteiger partial charge in [-0.3, -0.25) is 14.8 Å². The third-order valence-electron chi connectivity index (χ3n) is 5.09. The predicted octanol–water partition coefficient (Wildman–Crippen LogP) is 3.74. The Hall–Kier alpha value is -2.70. The molecule has 6 nitrogen and oxygen atoms in total. The summed E-state index contributed by atoms with van der Waals surface area (Å²) < 4.78 is 4.99. The molecule has 1 N–H and O–H groups in total. The van der Waals surface area contributed by atoms with Gasteiger partial charge in [0.25, 0.3) is 0 Å². The van der Waals surface area contributed by atoms with Crippen molar-refractivity contribution in [3.63, 3.8) is 0 Å². The lowest BCUT2D eigenvalue weighted by molar-refractivity contribution is -0.145. The third-order valence-corrected chi connectivity index (χ3v) is 5.66. The molecule has 2 heterocycles. The number of fused-ring (bicyclic) bond motifs is 1. The van der Waals surface area contributed by atoms with Gasteiger partial charge in [0, 0.05) is 27.6 Å². The molecule has 0 saturated carbocycles. The van der Waals surface area contributed by atoms with Crippen LogP contribution in [0.25, 0.3) is 0 Å². The van der Waals surface area contributed by atoms with Crippen molar-refractivity contribution in [2.75, 3.05) is 13.7 Å². The van der Waals surface area contributed by atoms with Crippen molar-refractivity contribution in [1.29, 1.82) is 0 Å². The Morgan fingerprint density at radius 2 is 1.97 bits per heavy atom. The molecule has 1 fully saturated rings. The summed E-state index contributed by atoms with van der Waals surface area (Å²) in [5, 5.41) is 3.82. The largest absolute Gasteiger partial charge is 0.467 e. The van der Waals surface area contributed by atoms with Crippen molar-refractivity contribution in [3.8, 4) is 0 Å². The van der Waals surface area contributed by atoms with Gasteiger partial charge in [-0.05, 0) is 30.7 Å². The second-order valence-electron chi connectivity index (χ2n) is 6.81. The van der Waals surface area contributed by atoms with Crippen LogP contribution in [-0.2, 0) is 14.3 Å². The zero-order valence-corrected chi connectivity index (χ0v) is 17.0. The molecule has 1 saturated heterocycles. The summed E-state index contributed by atoms with van der Waals surface area (Å²) in [6.45, 7) is 0.0994. The van der Waals surface area contributed by atoms with Crippen molar-refractivity contribution in [1.82, 2.24) is 5.32 Å². The summed E-state index contributed by atoms with van der Waals surface area (Å²) in [6.07, 6.45) is 0.472. The second kappa shape index (κ2) is 7.61. The Morgan fingerprint density at radius 3 is 2.66 bits per heavy atom. The average Bonchev–Trinajstić information content (AvgIpc) is 3.01. The number of amides is 1. The Balaban J connectivity index is 1.90. The van der Waals surface area contributed by atoms with E-state index in [1.807, 2.05) is 18.2 Å². The minimum atomic E-state index is -1.33. The maximum Gasteiger partial charge on any atom is 0.337 e. The monoisotopic (exact) mass is 429 g/mol. The molecule has 8 heteroatoms. The number of methoxy groups -OCH3 is 1. The first-order valence-electron chi connectivity index (χ1n) is 9.01. The lowest BCUT2D eigenvalue weighted by Gasteiger charge is -2.26. The van der Waals surface area contributed by atoms with Gasteiger partial charge in [-0.1, -0.05) is 41.4 Å². The minimum Gasteiger partial charge on any atom is -0.467 e. The van der Waals surface area contributed by atoms with Gasteiger partial charge in [-0.25, -0.2) is 4.79 Å². The Labute approximate surface area is 177 Å². The van der Waals surface area contributed by atoms with Gasteiger partial charge in [0.1, 0.15) is 0 Å². The van der Waals surface area contributed by atoms with Gasteiger partial charge in [0.2, 0.25) is 5.91 Å². The smallest absolute Gasteiger partial charge is 0.337 e. The number of ether oxygens (including phenoxy) is 1. The van der Waals surface area contributed by atoms with Crippen LogP contribution in [0.15, 0.2) is 52.4 Å². The van der Waals surface area contributed by atoms with Crippen LogP contribution in [0.3, 0.4) is 0 Å². The second-order valence-corrected chi connectivity index (χ2v) is 7.65. The van der Waals surface area contributed by atoms with Crippen LogP contribution in [0, 0.1) is 0 Å². The summed E-state index contributed by atoms with van der Waals surface area (Å²) in [5.74, 6) is -0.789. The molecule has 4 rings (SSSR count). The van der Waals surface area contributed by atoms with Gasteiger partial charge < -0.3 is 10.1 Å². The number of nitrogens with one attached hydrogen (secondary N) is 1. The summed E-state index contributed by atoms with van der Waals surface area (Å²) in [5.41, 5.74) is 1.73. The summed E-state index contributed by atoms with van der Waals surface area (Å²) in [6, 6.07) is 12.6. The van der Waals surface area contributed by atoms with E-state index in [-0.39, 0.29) is 25.3 Å². The fourth-order valence-corrected chi connectivity index (χ4v) is 4.05. The molecule has 1 unspecified atom stereocenters. The van der Waals surface area contributed by atoms with E-state index in [1.165, 1.54) is 7.11 Å². The normalized spacial score (nSPS) is 20.9. The first-order valence-corrected chi connectivity index (χ1v) is 9.77. The van der Waals surface area contributed by atoms with Crippen LogP contribution < -0.4 is 5.32 Å². The van der Waals surface area contributed by atoms with E-state index in [4.69, 9.17) is 37.9 Å². The van der Waals surface area contributed by atoms with E-state index in [0.717, 1.165) is 5.56 Å². The molecule has 0 radical (unpaired) electrons. The standard InChI is InChI=1S/C21H17Cl2N3O3/c1-29-20(28)21(9-8-18(27)26-21)17-11-24-19(13-4-2-3-5-15(13)23)14-10-12(22)6-7-16(14)25-17/h2-7,10H,8-9,11H2,1H3,(H,26,27). The van der Waals surface area contributed by atoms with Crippen LogP contribution in [0.4, 0.5) is 5.69 Å². The van der Waals surface area contributed by atoms with Gasteiger partial charge in [-0.15, -0.1) is 0 Å². The Morgan fingerprint density at radius 1 is 1.17 bits per heavy atom. The van der Waals surface area contributed by atoms with E-state index < -0.39 is 11.5 Å². The number of carbonyl (C=O) groups is 2. The number of aliphatic imine (C=N–C) groups is 2. The summed E-state index contributed by atoms with van der Waals surface area (Å²) in [7, 11) is 1.29. The zero-order valence-electron chi connectivity index (χ0n) is 15.5. The highest BCUT2D eigenvalue weighted by Crippen LogP contribution is 2.34. The lowest BCUT2D eigenvalue weighted by atomic mass is 9.91. The Bertz CT molecular complexity index is 1080. The van der Waals surface area contributed by atoms with Crippen molar-refractivity contribution < 1.29 is 14.3 Å². The number of halogens is 2. The maximum absolute atomic E-state index is 12.7. The molecule has 0 aliphatic carbocycles. The molecule has 148 valence electrons. The molecule has 1 atom stereocenters. The summed E-state index contributed by atoms with van der Waals surface area (Å²) in [4.78, 5) is 34.1. The molecule has 1 amide bonds. The summed E-state index contributed by atoms with van der Waals surface area (Å²) >= 11 is 12.7. The van der Waals surface area contributed by atoms with Crippen LogP contribution >= 0.6 is 23.2 Å². The van der Waals surface area contributed by atoms with Crippen molar-refractivity contribution in [2.24, 2.45) is 9.98 Å². The van der Waals surface area contributed by atoms with E-state index >= 15 is 0 Å². The lowest BCUT2D eigenvalue weighted by Crippen LogP contribution is -2.56. The molecule has 2 aromatic carbocycles. The van der Waals surface area contributed by atoms with Gasteiger partial charge in [0.15, 0.2) is 5.54 Å². The topological polar surface area (TPSA) is 80.1 Å². The number of nitrogens with zero attached hydrogens (tertiary/aromatic N) is 2. The maximum atomic E-state index is 12.7. The Kier molecular flexibility index (Phi) is 5.15. The number of rotatable bonds is 3. The van der Waals surface area contributed by atoms with Gasteiger partial charge in [-0.2, -0.15) is 0 Å². The van der Waals surface area contributed by atoms with Crippen LogP contribution in [0.5, 0.6) is 0 Å². The van der Waals surface area contributed by atoms with Crippen molar-refractivity contribution >= 4 is 52.2 Å². The van der Waals surface area contributed by atoms with E-state index in [0.29, 0.717) is 32.7 Å². The molecule has 29 heavy (non-hydrogen) atoms. The number of benzene rings is 2. The average molecular weight is 430 g/mol. The molecular weight excluding hydrogens is 413 g/mol. The molecule has 0 bridgehead atoms. The number of esters is 1. The fourth-order valence-electron chi connectivity index (χ4n) is 3.65. The van der Waals surface area contributed by atoms with Crippen molar-refractivity contribution in [2.45, 2.75) is 18.4 Å². The number of carbonyl (C=O) groups excluding carboxylic acids is 2. The SMILES string of the molecule is COC(=O)C1(C2=Nc3ccc(Cl)cc3C(c3ccccc3Cl)=NC2)CCC(=O)N1. The van der Waals surface area contributed by atoms with E-state index in [1.54, 1.807) is 24.3 Å². The highest BCUT2D eigenvalue weighted by molar-refractivity contribution is 6.36. The molecule has 2 aliphatic heterocycles. The predicted molar refractivity (Wildman–Crippen MR) is 113 cm³/mol. The number of hydrogen-bond donors (Lipinski definition) is 1. The van der Waals surface area contributed by atoms with E-state index in [2.05, 4.69) is 5.32 Å². The molecule has 0 spiro atoms.